The van der Waals surface area contributed by atoms with Crippen molar-refractivity contribution < 1.29 is 4.79 Å². The summed E-state index contributed by atoms with van der Waals surface area (Å²) in [5, 5.41) is 12.7. The number of nitrogens with zero attached hydrogens (tertiary/aromatic N) is 1. The second kappa shape index (κ2) is 4.91. The number of hydrogen-bond donors (Lipinski definition) is 3. The molecule has 2 aromatic rings. The number of aromatic amines is 1. The van der Waals surface area contributed by atoms with Crippen molar-refractivity contribution >= 4 is 17.3 Å². The molecule has 0 aliphatic heterocycles. The highest BCUT2D eigenvalue weighted by Gasteiger charge is 2.11. The standard InChI is InChI=1S/C13H16N4O/c1-8-12(9(2)17-16-8)15-13(18)10-4-6-11(14-3)7-5-10/h4-7,14H,1-3H3,(H,15,18)(H,16,17). The number of carbonyl (C=O) groups excluding carboxylic acids is 1. The number of nitrogens with one attached hydrogen (secondary N) is 3. The Bertz CT molecular complexity index is 537. The van der Waals surface area contributed by atoms with Gasteiger partial charge in [0.05, 0.1) is 17.1 Å². The number of carbonyl (C=O) groups is 1. The molecule has 0 aliphatic rings. The maximum absolute atomic E-state index is 12.0. The Morgan fingerprint density at radius 2 is 1.89 bits per heavy atom. The molecular formula is C13H16N4O. The Labute approximate surface area is 106 Å². The van der Waals surface area contributed by atoms with Gasteiger partial charge in [0, 0.05) is 18.3 Å². The van der Waals surface area contributed by atoms with Crippen LogP contribution in [0.4, 0.5) is 11.4 Å². The minimum atomic E-state index is -0.134. The van der Waals surface area contributed by atoms with Crippen molar-refractivity contribution in [3.05, 3.63) is 41.2 Å². The summed E-state index contributed by atoms with van der Waals surface area (Å²) in [7, 11) is 1.84. The lowest BCUT2D eigenvalue weighted by Crippen LogP contribution is -2.12. The smallest absolute Gasteiger partial charge is 0.255 e. The summed E-state index contributed by atoms with van der Waals surface area (Å²) in [5.41, 5.74) is 3.98. The van der Waals surface area contributed by atoms with Gasteiger partial charge in [-0.15, -0.1) is 0 Å². The van der Waals surface area contributed by atoms with Gasteiger partial charge in [-0.05, 0) is 38.1 Å². The molecule has 1 aromatic heterocycles. The fourth-order valence-electron chi connectivity index (χ4n) is 1.71. The third kappa shape index (κ3) is 2.34. The van der Waals surface area contributed by atoms with E-state index < -0.39 is 0 Å². The van der Waals surface area contributed by atoms with E-state index in [0.717, 1.165) is 22.8 Å². The fourth-order valence-corrected chi connectivity index (χ4v) is 1.71. The van der Waals surface area contributed by atoms with Crippen LogP contribution in [0.15, 0.2) is 24.3 Å². The molecule has 0 spiro atoms. The fraction of sp³-hybridized carbons (Fsp3) is 0.231. The van der Waals surface area contributed by atoms with E-state index in [4.69, 9.17) is 0 Å². The molecule has 5 nitrogen and oxygen atoms in total. The molecule has 0 radical (unpaired) electrons. The van der Waals surface area contributed by atoms with Crippen LogP contribution in [0.2, 0.25) is 0 Å². The quantitative estimate of drug-likeness (QED) is 0.776. The van der Waals surface area contributed by atoms with E-state index in [-0.39, 0.29) is 5.91 Å². The molecule has 2 rings (SSSR count). The monoisotopic (exact) mass is 244 g/mol. The second-order valence-corrected chi connectivity index (χ2v) is 4.09. The van der Waals surface area contributed by atoms with Gasteiger partial charge in [0.2, 0.25) is 0 Å². The van der Waals surface area contributed by atoms with Crippen LogP contribution >= 0.6 is 0 Å². The summed E-state index contributed by atoms with van der Waals surface area (Å²) < 4.78 is 0. The van der Waals surface area contributed by atoms with Gasteiger partial charge < -0.3 is 10.6 Å². The first-order valence-electron chi connectivity index (χ1n) is 5.72. The first-order valence-corrected chi connectivity index (χ1v) is 5.72. The Morgan fingerprint density at radius 1 is 1.22 bits per heavy atom. The Hall–Kier alpha value is -2.30. The number of aromatic nitrogens is 2. The van der Waals surface area contributed by atoms with E-state index in [0.29, 0.717) is 5.56 Å². The minimum Gasteiger partial charge on any atom is -0.388 e. The van der Waals surface area contributed by atoms with E-state index in [2.05, 4.69) is 20.8 Å². The molecular weight excluding hydrogens is 228 g/mol. The van der Waals surface area contributed by atoms with E-state index >= 15 is 0 Å². The van der Waals surface area contributed by atoms with Crippen LogP contribution < -0.4 is 10.6 Å². The first kappa shape index (κ1) is 12.2. The van der Waals surface area contributed by atoms with Crippen molar-refractivity contribution in [2.45, 2.75) is 13.8 Å². The summed E-state index contributed by atoms with van der Waals surface area (Å²) in [6, 6.07) is 7.30. The summed E-state index contributed by atoms with van der Waals surface area (Å²) in [4.78, 5) is 12.0. The van der Waals surface area contributed by atoms with Crippen LogP contribution in [-0.2, 0) is 0 Å². The van der Waals surface area contributed by atoms with Crippen molar-refractivity contribution in [1.29, 1.82) is 0 Å². The van der Waals surface area contributed by atoms with Gasteiger partial charge in [-0.25, -0.2) is 0 Å². The number of amides is 1. The summed E-state index contributed by atoms with van der Waals surface area (Å²) in [6.07, 6.45) is 0. The molecule has 5 heteroatoms. The van der Waals surface area contributed by atoms with Gasteiger partial charge >= 0.3 is 0 Å². The van der Waals surface area contributed by atoms with Crippen LogP contribution in [0.25, 0.3) is 0 Å². The maximum atomic E-state index is 12.0. The molecule has 18 heavy (non-hydrogen) atoms. The maximum Gasteiger partial charge on any atom is 0.255 e. The van der Waals surface area contributed by atoms with Crippen LogP contribution in [0.5, 0.6) is 0 Å². The molecule has 3 N–H and O–H groups in total. The number of H-pyrrole nitrogens is 1. The highest BCUT2D eigenvalue weighted by molar-refractivity contribution is 6.05. The summed E-state index contributed by atoms with van der Waals surface area (Å²) >= 11 is 0. The Kier molecular flexibility index (Phi) is 3.32. The van der Waals surface area contributed by atoms with Crippen molar-refractivity contribution in [3.8, 4) is 0 Å². The van der Waals surface area contributed by atoms with Crippen molar-refractivity contribution in [1.82, 2.24) is 10.2 Å². The summed E-state index contributed by atoms with van der Waals surface area (Å²) in [6.45, 7) is 3.73. The van der Waals surface area contributed by atoms with E-state index in [1.54, 1.807) is 12.1 Å². The molecule has 1 amide bonds. The molecule has 0 saturated heterocycles. The van der Waals surface area contributed by atoms with Gasteiger partial charge in [-0.2, -0.15) is 5.10 Å². The minimum absolute atomic E-state index is 0.134. The normalized spacial score (nSPS) is 10.2. The number of aryl methyl sites for hydroxylation is 2. The zero-order valence-electron chi connectivity index (χ0n) is 10.7. The van der Waals surface area contributed by atoms with Gasteiger partial charge in [0.1, 0.15) is 0 Å². The molecule has 1 aromatic carbocycles. The lowest BCUT2D eigenvalue weighted by atomic mass is 10.2. The molecule has 0 bridgehead atoms. The van der Waals surface area contributed by atoms with E-state index in [9.17, 15) is 4.79 Å². The van der Waals surface area contributed by atoms with Crippen molar-refractivity contribution in [3.63, 3.8) is 0 Å². The average molecular weight is 244 g/mol. The van der Waals surface area contributed by atoms with Crippen molar-refractivity contribution in [2.75, 3.05) is 17.7 Å². The predicted molar refractivity (Wildman–Crippen MR) is 72.0 cm³/mol. The molecule has 0 aliphatic carbocycles. The second-order valence-electron chi connectivity index (χ2n) is 4.09. The summed E-state index contributed by atoms with van der Waals surface area (Å²) in [5.74, 6) is -0.134. The van der Waals surface area contributed by atoms with Gasteiger partial charge in [0.25, 0.3) is 5.91 Å². The zero-order valence-corrected chi connectivity index (χ0v) is 10.7. The van der Waals surface area contributed by atoms with Crippen LogP contribution in [0.1, 0.15) is 21.7 Å². The molecule has 94 valence electrons. The molecule has 0 atom stereocenters. The molecule has 0 fully saturated rings. The molecule has 0 unspecified atom stereocenters. The zero-order chi connectivity index (χ0) is 13.1. The molecule has 0 saturated carbocycles. The first-order chi connectivity index (χ1) is 8.61. The van der Waals surface area contributed by atoms with Gasteiger partial charge in [-0.3, -0.25) is 9.89 Å². The lowest BCUT2D eigenvalue weighted by Gasteiger charge is -2.06. The SMILES string of the molecule is CNc1ccc(C(=O)Nc2c(C)n[nH]c2C)cc1. The number of hydrogen-bond acceptors (Lipinski definition) is 3. The topological polar surface area (TPSA) is 69.8 Å². The van der Waals surface area contributed by atoms with Gasteiger partial charge in [0.15, 0.2) is 0 Å². The van der Waals surface area contributed by atoms with Gasteiger partial charge in [-0.1, -0.05) is 0 Å². The Morgan fingerprint density at radius 3 is 2.39 bits per heavy atom. The highest BCUT2D eigenvalue weighted by Crippen LogP contribution is 2.17. The third-order valence-electron chi connectivity index (χ3n) is 2.80. The Balaban J connectivity index is 2.17. The third-order valence-corrected chi connectivity index (χ3v) is 2.80. The lowest BCUT2D eigenvalue weighted by molar-refractivity contribution is 0.102. The number of benzene rings is 1. The highest BCUT2D eigenvalue weighted by atomic mass is 16.1. The number of anilines is 2. The molecule has 1 heterocycles. The number of rotatable bonds is 3. The predicted octanol–water partition coefficient (Wildman–Crippen LogP) is 2.32. The largest absolute Gasteiger partial charge is 0.388 e. The van der Waals surface area contributed by atoms with E-state index in [1.165, 1.54) is 0 Å². The van der Waals surface area contributed by atoms with Crippen LogP contribution in [0, 0.1) is 13.8 Å². The van der Waals surface area contributed by atoms with Crippen molar-refractivity contribution in [2.24, 2.45) is 0 Å². The van der Waals surface area contributed by atoms with Crippen LogP contribution in [0.3, 0.4) is 0 Å². The average Bonchev–Trinajstić information content (AvgIpc) is 2.70. The van der Waals surface area contributed by atoms with E-state index in [1.807, 2.05) is 33.0 Å². The van der Waals surface area contributed by atoms with Crippen LogP contribution in [-0.4, -0.2) is 23.2 Å².